The van der Waals surface area contributed by atoms with Crippen molar-refractivity contribution in [3.8, 4) is 0 Å². The Morgan fingerprint density at radius 2 is 1.82 bits per heavy atom. The van der Waals surface area contributed by atoms with Gasteiger partial charge in [0.15, 0.2) is 0 Å². The molecular weight excluding hydrogens is 212 g/mol. The Labute approximate surface area is 103 Å². The van der Waals surface area contributed by atoms with E-state index in [0.717, 1.165) is 0 Å². The first-order valence-electron chi connectivity index (χ1n) is 6.99. The zero-order valence-corrected chi connectivity index (χ0v) is 10.5. The van der Waals surface area contributed by atoms with Crippen molar-refractivity contribution in [1.82, 2.24) is 10.0 Å². The maximum Gasteiger partial charge on any atom is 0.0950 e. The molecule has 1 unspecified atom stereocenters. The van der Waals surface area contributed by atoms with Gasteiger partial charge < -0.3 is 4.42 Å². The molecular formula is C14H22N2O. The van der Waals surface area contributed by atoms with Crippen LogP contribution in [0.3, 0.4) is 0 Å². The van der Waals surface area contributed by atoms with E-state index in [9.17, 15) is 0 Å². The van der Waals surface area contributed by atoms with Gasteiger partial charge in [-0.25, -0.2) is 10.0 Å². The molecule has 2 fully saturated rings. The van der Waals surface area contributed by atoms with Gasteiger partial charge in [-0.3, -0.25) is 0 Å². The maximum absolute atomic E-state index is 5.26. The molecule has 2 aliphatic rings. The van der Waals surface area contributed by atoms with E-state index in [1.54, 1.807) is 6.26 Å². The minimum atomic E-state index is 0.556. The molecule has 0 aliphatic carbocycles. The highest BCUT2D eigenvalue weighted by atomic mass is 16.3. The summed E-state index contributed by atoms with van der Waals surface area (Å²) in [7, 11) is 0. The molecule has 2 aliphatic heterocycles. The number of hydrogen-bond acceptors (Lipinski definition) is 3. The molecule has 3 heterocycles. The van der Waals surface area contributed by atoms with Gasteiger partial charge in [0.2, 0.25) is 0 Å². The number of furan rings is 1. The van der Waals surface area contributed by atoms with Crippen molar-refractivity contribution in [2.45, 2.75) is 44.6 Å². The zero-order valence-electron chi connectivity index (χ0n) is 10.5. The summed E-state index contributed by atoms with van der Waals surface area (Å²) < 4.78 is 5.26. The van der Waals surface area contributed by atoms with Crippen LogP contribution in [0, 0.1) is 0 Å². The smallest absolute Gasteiger partial charge is 0.0950 e. The molecule has 0 saturated carbocycles. The van der Waals surface area contributed by atoms with Crippen LogP contribution in [0.4, 0.5) is 0 Å². The highest BCUT2D eigenvalue weighted by Crippen LogP contribution is 2.33. The lowest BCUT2D eigenvalue weighted by Gasteiger charge is -2.44. The van der Waals surface area contributed by atoms with Crippen LogP contribution >= 0.6 is 0 Å². The fourth-order valence-corrected chi connectivity index (χ4v) is 3.19. The highest BCUT2D eigenvalue weighted by molar-refractivity contribution is 5.12. The van der Waals surface area contributed by atoms with E-state index < -0.39 is 0 Å². The van der Waals surface area contributed by atoms with Crippen LogP contribution in [0.15, 0.2) is 23.0 Å². The van der Waals surface area contributed by atoms with Crippen LogP contribution < -0.4 is 0 Å². The van der Waals surface area contributed by atoms with Crippen LogP contribution in [-0.2, 0) is 0 Å². The van der Waals surface area contributed by atoms with Crippen molar-refractivity contribution in [3.05, 3.63) is 24.2 Å². The van der Waals surface area contributed by atoms with E-state index in [2.05, 4.69) is 16.1 Å². The summed E-state index contributed by atoms with van der Waals surface area (Å²) in [5, 5.41) is 5.19. The molecule has 0 radical (unpaired) electrons. The third-order valence-electron chi connectivity index (χ3n) is 4.10. The first-order chi connectivity index (χ1) is 8.45. The Hall–Kier alpha value is -0.800. The van der Waals surface area contributed by atoms with Gasteiger partial charge in [-0.05, 0) is 31.7 Å². The first-order valence-corrected chi connectivity index (χ1v) is 6.99. The average Bonchev–Trinajstić information content (AvgIpc) is 2.94. The van der Waals surface area contributed by atoms with Crippen molar-refractivity contribution in [2.75, 3.05) is 19.6 Å². The molecule has 1 atom stereocenters. The molecule has 0 N–H and O–H groups in total. The molecule has 3 rings (SSSR count). The molecule has 1 aromatic heterocycles. The van der Waals surface area contributed by atoms with Crippen molar-refractivity contribution < 1.29 is 4.42 Å². The largest absolute Gasteiger partial charge is 0.472 e. The highest BCUT2D eigenvalue weighted by Gasteiger charge is 2.29. The number of hydrogen-bond donors (Lipinski definition) is 0. The summed E-state index contributed by atoms with van der Waals surface area (Å²) in [5.74, 6) is 0. The number of hydrazine groups is 1. The summed E-state index contributed by atoms with van der Waals surface area (Å²) in [6.07, 6.45) is 11.8. The fraction of sp³-hybridized carbons (Fsp3) is 0.714. The third kappa shape index (κ3) is 2.40. The second kappa shape index (κ2) is 5.23. The SMILES string of the molecule is c1cc(C2CCCCN2N2CCCCC2)co1. The maximum atomic E-state index is 5.26. The quantitative estimate of drug-likeness (QED) is 0.783. The molecule has 0 amide bonds. The lowest BCUT2D eigenvalue weighted by Crippen LogP contribution is -2.49. The third-order valence-corrected chi connectivity index (χ3v) is 4.10. The van der Waals surface area contributed by atoms with Gasteiger partial charge >= 0.3 is 0 Å². The molecule has 94 valence electrons. The van der Waals surface area contributed by atoms with Gasteiger partial charge in [-0.2, -0.15) is 0 Å². The first kappa shape index (κ1) is 11.3. The van der Waals surface area contributed by atoms with Crippen molar-refractivity contribution in [1.29, 1.82) is 0 Å². The van der Waals surface area contributed by atoms with Crippen LogP contribution in [0.25, 0.3) is 0 Å². The molecule has 1 aromatic rings. The monoisotopic (exact) mass is 234 g/mol. The van der Waals surface area contributed by atoms with E-state index in [1.165, 1.54) is 63.7 Å². The number of rotatable bonds is 2. The summed E-state index contributed by atoms with van der Waals surface area (Å²) in [4.78, 5) is 0. The van der Waals surface area contributed by atoms with Gasteiger partial charge in [-0.15, -0.1) is 0 Å². The van der Waals surface area contributed by atoms with Gasteiger partial charge in [0, 0.05) is 25.2 Å². The lowest BCUT2D eigenvalue weighted by atomic mass is 9.98. The molecule has 0 bridgehead atoms. The molecule has 0 aromatic carbocycles. The summed E-state index contributed by atoms with van der Waals surface area (Å²) >= 11 is 0. The minimum absolute atomic E-state index is 0.556. The van der Waals surface area contributed by atoms with Gasteiger partial charge in [0.05, 0.1) is 18.6 Å². The van der Waals surface area contributed by atoms with Crippen LogP contribution in [0.5, 0.6) is 0 Å². The Kier molecular flexibility index (Phi) is 3.48. The van der Waals surface area contributed by atoms with E-state index in [1.807, 2.05) is 6.26 Å². The van der Waals surface area contributed by atoms with Crippen LogP contribution in [0.2, 0.25) is 0 Å². The summed E-state index contributed by atoms with van der Waals surface area (Å²) in [6.45, 7) is 3.71. The molecule has 2 saturated heterocycles. The molecule has 0 spiro atoms. The second-order valence-electron chi connectivity index (χ2n) is 5.25. The van der Waals surface area contributed by atoms with E-state index in [4.69, 9.17) is 4.42 Å². The standard InChI is InChI=1S/C14H22N2O/c1-3-8-15(9-4-1)16-10-5-2-6-14(16)13-7-11-17-12-13/h7,11-12,14H,1-6,8-10H2. The lowest BCUT2D eigenvalue weighted by molar-refractivity contribution is -0.0903. The van der Waals surface area contributed by atoms with Gasteiger partial charge in [0.1, 0.15) is 0 Å². The zero-order chi connectivity index (χ0) is 11.5. The Bertz CT molecular complexity index is 330. The second-order valence-corrected chi connectivity index (χ2v) is 5.25. The Morgan fingerprint density at radius 1 is 1.00 bits per heavy atom. The van der Waals surface area contributed by atoms with Gasteiger partial charge in [-0.1, -0.05) is 12.8 Å². The fourth-order valence-electron chi connectivity index (χ4n) is 3.19. The molecule has 3 nitrogen and oxygen atoms in total. The number of piperidine rings is 2. The van der Waals surface area contributed by atoms with Crippen molar-refractivity contribution in [2.24, 2.45) is 0 Å². The van der Waals surface area contributed by atoms with E-state index in [0.29, 0.717) is 6.04 Å². The summed E-state index contributed by atoms with van der Waals surface area (Å²) in [6, 6.07) is 2.69. The minimum Gasteiger partial charge on any atom is -0.472 e. The van der Waals surface area contributed by atoms with Crippen molar-refractivity contribution in [3.63, 3.8) is 0 Å². The Balaban J connectivity index is 1.75. The average molecular weight is 234 g/mol. The predicted molar refractivity (Wildman–Crippen MR) is 67.4 cm³/mol. The van der Waals surface area contributed by atoms with Gasteiger partial charge in [0.25, 0.3) is 0 Å². The van der Waals surface area contributed by atoms with E-state index >= 15 is 0 Å². The predicted octanol–water partition coefficient (Wildman–Crippen LogP) is 3.21. The van der Waals surface area contributed by atoms with Crippen LogP contribution in [-0.4, -0.2) is 29.7 Å². The molecule has 17 heavy (non-hydrogen) atoms. The normalized spacial score (nSPS) is 28.4. The van der Waals surface area contributed by atoms with Crippen LogP contribution in [0.1, 0.15) is 50.1 Å². The van der Waals surface area contributed by atoms with E-state index in [-0.39, 0.29) is 0 Å². The Morgan fingerprint density at radius 3 is 2.59 bits per heavy atom. The number of nitrogens with zero attached hydrogens (tertiary/aromatic N) is 2. The summed E-state index contributed by atoms with van der Waals surface area (Å²) in [5.41, 5.74) is 1.36. The topological polar surface area (TPSA) is 19.6 Å². The van der Waals surface area contributed by atoms with Crippen molar-refractivity contribution >= 4 is 0 Å². The molecule has 3 heteroatoms.